The average molecular weight is 339 g/mol. The van der Waals surface area contributed by atoms with Crippen LogP contribution in [0.5, 0.6) is 0 Å². The second-order valence-electron chi connectivity index (χ2n) is 4.67. The second-order valence-corrected chi connectivity index (χ2v) is 7.36. The summed E-state index contributed by atoms with van der Waals surface area (Å²) in [5.41, 5.74) is 5.77. The Bertz CT molecular complexity index is 607. The number of nitrogen functional groups attached to an aromatic ring is 1. The van der Waals surface area contributed by atoms with Crippen LogP contribution in [0.2, 0.25) is 10.0 Å². The molecule has 0 bridgehead atoms. The van der Waals surface area contributed by atoms with Gasteiger partial charge in [-0.15, -0.1) is 0 Å². The van der Waals surface area contributed by atoms with E-state index in [1.165, 1.54) is 16.4 Å². The number of ether oxygens (including phenoxy) is 1. The number of anilines is 1. The van der Waals surface area contributed by atoms with Gasteiger partial charge in [0.15, 0.2) is 0 Å². The fourth-order valence-electron chi connectivity index (χ4n) is 2.06. The maximum atomic E-state index is 12.7. The number of rotatable bonds is 2. The summed E-state index contributed by atoms with van der Waals surface area (Å²) in [5.74, 6) is 0. The highest BCUT2D eigenvalue weighted by molar-refractivity contribution is 7.89. The molecule has 0 aliphatic carbocycles. The van der Waals surface area contributed by atoms with Crippen LogP contribution in [0.25, 0.3) is 0 Å². The van der Waals surface area contributed by atoms with E-state index in [0.29, 0.717) is 26.1 Å². The minimum atomic E-state index is -3.71. The van der Waals surface area contributed by atoms with Gasteiger partial charge in [0.1, 0.15) is 4.90 Å². The van der Waals surface area contributed by atoms with E-state index >= 15 is 0 Å². The van der Waals surface area contributed by atoms with E-state index in [-0.39, 0.29) is 26.7 Å². The van der Waals surface area contributed by atoms with Crippen molar-refractivity contribution in [2.75, 3.05) is 25.4 Å². The van der Waals surface area contributed by atoms with Gasteiger partial charge in [-0.2, -0.15) is 4.31 Å². The Morgan fingerprint density at radius 3 is 2.80 bits per heavy atom. The van der Waals surface area contributed by atoms with Crippen LogP contribution in [-0.2, 0) is 14.8 Å². The summed E-state index contributed by atoms with van der Waals surface area (Å²) in [6.45, 7) is 3.07. The molecule has 20 heavy (non-hydrogen) atoms. The maximum absolute atomic E-state index is 12.7. The molecule has 1 unspecified atom stereocenters. The van der Waals surface area contributed by atoms with Crippen molar-refractivity contribution < 1.29 is 13.2 Å². The molecule has 0 radical (unpaired) electrons. The third kappa shape index (κ3) is 3.04. The van der Waals surface area contributed by atoms with Crippen molar-refractivity contribution in [2.24, 2.45) is 0 Å². The molecule has 1 fully saturated rings. The molecule has 2 rings (SSSR count). The summed E-state index contributed by atoms with van der Waals surface area (Å²) in [5, 5.41) is 0.205. The first-order chi connectivity index (χ1) is 9.34. The van der Waals surface area contributed by atoms with Crippen LogP contribution in [0.3, 0.4) is 0 Å². The first-order valence-corrected chi connectivity index (χ1v) is 8.39. The predicted octanol–water partition coefficient (Wildman–Crippen LogP) is 2.38. The Morgan fingerprint density at radius 1 is 1.40 bits per heavy atom. The molecule has 8 heteroatoms. The Hall–Kier alpha value is -0.530. The number of nitrogens with two attached hydrogens (primary N) is 1. The van der Waals surface area contributed by atoms with Crippen molar-refractivity contribution >= 4 is 38.9 Å². The number of nitrogens with zero attached hydrogens (tertiary/aromatic N) is 1. The van der Waals surface area contributed by atoms with Crippen molar-refractivity contribution in [3.05, 3.63) is 22.2 Å². The molecule has 0 aromatic heterocycles. The van der Waals surface area contributed by atoms with E-state index in [1.54, 1.807) is 0 Å². The van der Waals surface area contributed by atoms with Crippen LogP contribution in [0.15, 0.2) is 17.0 Å². The molecule has 0 saturated carbocycles. The van der Waals surface area contributed by atoms with Crippen LogP contribution in [0.4, 0.5) is 5.69 Å². The summed E-state index contributed by atoms with van der Waals surface area (Å²) in [4.78, 5) is -0.0184. The first-order valence-electron chi connectivity index (χ1n) is 6.19. The molecule has 1 aliphatic rings. The van der Waals surface area contributed by atoms with Gasteiger partial charge in [0.2, 0.25) is 10.0 Å². The highest BCUT2D eigenvalue weighted by Crippen LogP contribution is 2.34. The summed E-state index contributed by atoms with van der Waals surface area (Å²) in [6.07, 6.45) is 0.486. The Labute approximate surface area is 128 Å². The van der Waals surface area contributed by atoms with E-state index in [9.17, 15) is 8.42 Å². The predicted molar refractivity (Wildman–Crippen MR) is 79.7 cm³/mol. The Morgan fingerprint density at radius 2 is 2.10 bits per heavy atom. The lowest BCUT2D eigenvalue weighted by molar-refractivity contribution is 0.0752. The van der Waals surface area contributed by atoms with Crippen molar-refractivity contribution in [1.29, 1.82) is 0 Å². The lowest BCUT2D eigenvalue weighted by Crippen LogP contribution is -2.36. The lowest BCUT2D eigenvalue weighted by atomic mass is 10.3. The van der Waals surface area contributed by atoms with Gasteiger partial charge in [0.05, 0.1) is 21.8 Å². The highest BCUT2D eigenvalue weighted by atomic mass is 35.5. The zero-order valence-electron chi connectivity index (χ0n) is 11.0. The fourth-order valence-corrected chi connectivity index (χ4v) is 4.36. The van der Waals surface area contributed by atoms with Gasteiger partial charge in [0, 0.05) is 19.7 Å². The monoisotopic (exact) mass is 338 g/mol. The topological polar surface area (TPSA) is 72.6 Å². The quantitative estimate of drug-likeness (QED) is 0.840. The largest absolute Gasteiger partial charge is 0.396 e. The average Bonchev–Trinajstić information content (AvgIpc) is 2.61. The summed E-state index contributed by atoms with van der Waals surface area (Å²) >= 11 is 11.9. The van der Waals surface area contributed by atoms with Crippen LogP contribution >= 0.6 is 23.2 Å². The molecule has 2 N–H and O–H groups in total. The molecular weight excluding hydrogens is 323 g/mol. The van der Waals surface area contributed by atoms with Crippen LogP contribution in [-0.4, -0.2) is 38.5 Å². The Balaban J connectivity index is 2.42. The second kappa shape index (κ2) is 6.07. The third-order valence-electron chi connectivity index (χ3n) is 3.12. The van der Waals surface area contributed by atoms with Crippen molar-refractivity contribution in [3.63, 3.8) is 0 Å². The smallest absolute Gasteiger partial charge is 0.244 e. The first kappa shape index (κ1) is 15.9. The van der Waals surface area contributed by atoms with Gasteiger partial charge >= 0.3 is 0 Å². The molecule has 1 saturated heterocycles. The zero-order chi connectivity index (χ0) is 14.9. The van der Waals surface area contributed by atoms with Crippen molar-refractivity contribution in [1.82, 2.24) is 4.31 Å². The molecule has 5 nitrogen and oxygen atoms in total. The minimum absolute atomic E-state index is 0.0184. The molecule has 112 valence electrons. The number of hydrogen-bond donors (Lipinski definition) is 1. The molecular formula is C12H16Cl2N2O3S. The molecule has 1 aliphatic heterocycles. The molecule has 0 spiro atoms. The molecule has 0 amide bonds. The van der Waals surface area contributed by atoms with Gasteiger partial charge in [0.25, 0.3) is 0 Å². The van der Waals surface area contributed by atoms with Crippen molar-refractivity contribution in [3.8, 4) is 0 Å². The number of sulfonamides is 1. The highest BCUT2D eigenvalue weighted by Gasteiger charge is 2.30. The number of benzene rings is 1. The summed E-state index contributed by atoms with van der Waals surface area (Å²) in [7, 11) is -3.71. The van der Waals surface area contributed by atoms with E-state index < -0.39 is 10.0 Å². The van der Waals surface area contributed by atoms with Crippen LogP contribution < -0.4 is 5.73 Å². The van der Waals surface area contributed by atoms with Gasteiger partial charge in [-0.3, -0.25) is 0 Å². The SMILES string of the molecule is CC1CN(S(=O)(=O)c2ccc(Cl)c(N)c2Cl)CCCO1. The van der Waals surface area contributed by atoms with E-state index in [4.69, 9.17) is 33.7 Å². The summed E-state index contributed by atoms with van der Waals surface area (Å²) in [6, 6.07) is 2.82. The maximum Gasteiger partial charge on any atom is 0.244 e. The standard InChI is InChI=1S/C12H16Cl2N2O3S/c1-8-7-16(5-2-6-19-8)20(17,18)10-4-3-9(13)12(15)11(10)14/h3-4,8H,2,5-7,15H2,1H3. The lowest BCUT2D eigenvalue weighted by Gasteiger charge is -2.22. The van der Waals surface area contributed by atoms with Gasteiger partial charge in [-0.25, -0.2) is 8.42 Å². The van der Waals surface area contributed by atoms with Crippen molar-refractivity contribution in [2.45, 2.75) is 24.3 Å². The fraction of sp³-hybridized carbons (Fsp3) is 0.500. The van der Waals surface area contributed by atoms with Crippen LogP contribution in [0.1, 0.15) is 13.3 Å². The van der Waals surface area contributed by atoms with Gasteiger partial charge in [-0.1, -0.05) is 23.2 Å². The normalized spacial score (nSPS) is 21.6. The Kier molecular flexibility index (Phi) is 4.81. The number of halogens is 2. The van der Waals surface area contributed by atoms with Gasteiger partial charge < -0.3 is 10.5 Å². The van der Waals surface area contributed by atoms with Gasteiger partial charge in [-0.05, 0) is 25.5 Å². The molecule has 1 aromatic rings. The molecule has 1 aromatic carbocycles. The summed E-state index contributed by atoms with van der Waals surface area (Å²) < 4.78 is 32.1. The van der Waals surface area contributed by atoms with E-state index in [1.807, 2.05) is 6.92 Å². The molecule has 1 heterocycles. The molecule has 1 atom stereocenters. The number of hydrogen-bond acceptors (Lipinski definition) is 4. The minimum Gasteiger partial charge on any atom is -0.396 e. The van der Waals surface area contributed by atoms with E-state index in [0.717, 1.165) is 0 Å². The zero-order valence-corrected chi connectivity index (χ0v) is 13.3. The third-order valence-corrected chi connectivity index (χ3v) is 5.88. The van der Waals surface area contributed by atoms with Crippen LogP contribution in [0, 0.1) is 0 Å². The van der Waals surface area contributed by atoms with E-state index in [2.05, 4.69) is 0 Å².